The van der Waals surface area contributed by atoms with E-state index in [1.165, 1.54) is 48.1 Å². The molecule has 0 aliphatic heterocycles. The van der Waals surface area contributed by atoms with Crippen LogP contribution in [0, 0.1) is 0 Å². The van der Waals surface area contributed by atoms with Crippen LogP contribution in [0.4, 0.5) is 0 Å². The first-order valence-electron chi connectivity index (χ1n) is 11.6. The van der Waals surface area contributed by atoms with Crippen molar-refractivity contribution < 1.29 is 0 Å². The quantitative estimate of drug-likeness (QED) is 0.230. The van der Waals surface area contributed by atoms with Crippen LogP contribution in [0.25, 0.3) is 32.8 Å². The summed E-state index contributed by atoms with van der Waals surface area (Å²) in [6.45, 7) is 9.02. The van der Waals surface area contributed by atoms with Crippen molar-refractivity contribution in [3.63, 3.8) is 0 Å². The average Bonchev–Trinajstić information content (AvgIpc) is 3.32. The Hall–Kier alpha value is -2.62. The largest absolute Gasteiger partial charge is 0.241 e. The van der Waals surface area contributed by atoms with Gasteiger partial charge in [-0.05, 0) is 56.8 Å². The van der Waals surface area contributed by atoms with E-state index < -0.39 is 0 Å². The molecule has 1 heterocycles. The lowest BCUT2D eigenvalue weighted by molar-refractivity contribution is 0.851. The number of benzene rings is 4. The van der Waals surface area contributed by atoms with E-state index in [9.17, 15) is 0 Å². The van der Waals surface area contributed by atoms with Crippen LogP contribution < -0.4 is 0 Å². The molecule has 0 fully saturated rings. The van der Waals surface area contributed by atoms with Gasteiger partial charge >= 0.3 is 0 Å². The summed E-state index contributed by atoms with van der Waals surface area (Å²) < 4.78 is 0. The molecule has 166 valence electrons. The van der Waals surface area contributed by atoms with Crippen molar-refractivity contribution in [3.8, 4) is 11.3 Å². The molecule has 0 N–H and O–H groups in total. The Labute approximate surface area is 204 Å². The van der Waals surface area contributed by atoms with Crippen LogP contribution in [-0.4, -0.2) is 4.98 Å². The Morgan fingerprint density at radius 1 is 0.788 bits per heavy atom. The summed E-state index contributed by atoms with van der Waals surface area (Å²) in [7, 11) is 0. The Morgan fingerprint density at radius 2 is 1.55 bits per heavy atom. The summed E-state index contributed by atoms with van der Waals surface area (Å²) in [4.78, 5) is 6.28. The van der Waals surface area contributed by atoms with E-state index in [0.29, 0.717) is 11.8 Å². The molecular weight excluding hydrogens is 438 g/mol. The van der Waals surface area contributed by atoms with Gasteiger partial charge in [0, 0.05) is 27.5 Å². The number of rotatable bonds is 6. The highest BCUT2D eigenvalue weighted by Gasteiger charge is 2.16. The first kappa shape index (κ1) is 22.2. The smallest absolute Gasteiger partial charge is 0.0958 e. The zero-order valence-electron chi connectivity index (χ0n) is 19.6. The Balaban J connectivity index is 1.49. The van der Waals surface area contributed by atoms with Crippen molar-refractivity contribution in [2.45, 2.75) is 50.2 Å². The van der Waals surface area contributed by atoms with Crippen molar-refractivity contribution in [1.82, 2.24) is 4.98 Å². The van der Waals surface area contributed by atoms with Crippen LogP contribution in [0.5, 0.6) is 0 Å². The van der Waals surface area contributed by atoms with Gasteiger partial charge < -0.3 is 0 Å². The molecule has 0 saturated carbocycles. The molecule has 3 heteroatoms. The second-order valence-corrected chi connectivity index (χ2v) is 11.2. The van der Waals surface area contributed by atoms with Crippen molar-refractivity contribution in [1.29, 1.82) is 0 Å². The van der Waals surface area contributed by atoms with Crippen molar-refractivity contribution >= 4 is 44.6 Å². The number of thioether (sulfide) groups is 1. The molecule has 0 radical (unpaired) electrons. The predicted molar refractivity (Wildman–Crippen MR) is 147 cm³/mol. The van der Waals surface area contributed by atoms with Crippen LogP contribution in [-0.2, 0) is 5.75 Å². The number of nitrogens with zero attached hydrogens (tertiary/aromatic N) is 1. The standard InChI is InChI=1S/C30H29NS2/c1-19(2)29-26(28-18-33-30(31-28)20(3)4)14-12-23-10-9-21(15-27(23)29)17-32-25-13-11-22-7-5-6-8-24(22)16-25/h5-16,18-20H,17H2,1-4H3. The normalized spacial score (nSPS) is 11.8. The van der Waals surface area contributed by atoms with Gasteiger partial charge in [0.25, 0.3) is 0 Å². The topological polar surface area (TPSA) is 12.9 Å². The van der Waals surface area contributed by atoms with Crippen LogP contribution in [0.3, 0.4) is 0 Å². The van der Waals surface area contributed by atoms with Gasteiger partial charge in [0.2, 0.25) is 0 Å². The first-order valence-corrected chi connectivity index (χ1v) is 13.5. The number of hydrogen-bond donors (Lipinski definition) is 0. The van der Waals surface area contributed by atoms with E-state index in [1.807, 2.05) is 11.8 Å². The zero-order chi connectivity index (χ0) is 22.9. The second-order valence-electron chi connectivity index (χ2n) is 9.26. The van der Waals surface area contributed by atoms with E-state index in [0.717, 1.165) is 11.4 Å². The number of hydrogen-bond acceptors (Lipinski definition) is 3. The molecule has 0 aliphatic carbocycles. The average molecular weight is 468 g/mol. The predicted octanol–water partition coefficient (Wildman–Crippen LogP) is 9.66. The SMILES string of the molecule is CC(C)c1nc(-c2ccc3ccc(CSc4ccc5ccccc5c4)cc3c2C(C)C)cs1. The highest BCUT2D eigenvalue weighted by atomic mass is 32.2. The monoisotopic (exact) mass is 467 g/mol. The summed E-state index contributed by atoms with van der Waals surface area (Å²) in [5, 5.41) is 8.70. The van der Waals surface area contributed by atoms with Crippen LogP contribution in [0.15, 0.2) is 83.1 Å². The maximum atomic E-state index is 4.97. The van der Waals surface area contributed by atoms with Gasteiger partial charge in [-0.2, -0.15) is 0 Å². The lowest BCUT2D eigenvalue weighted by Gasteiger charge is -2.16. The highest BCUT2D eigenvalue weighted by Crippen LogP contribution is 2.38. The van der Waals surface area contributed by atoms with Crippen molar-refractivity contribution in [2.75, 3.05) is 0 Å². The molecule has 0 bridgehead atoms. The van der Waals surface area contributed by atoms with E-state index in [4.69, 9.17) is 4.98 Å². The fourth-order valence-corrected chi connectivity index (χ4v) is 6.15. The molecule has 5 aromatic rings. The summed E-state index contributed by atoms with van der Waals surface area (Å²) in [5.41, 5.74) is 5.16. The van der Waals surface area contributed by atoms with E-state index in [-0.39, 0.29) is 0 Å². The van der Waals surface area contributed by atoms with Gasteiger partial charge in [0.05, 0.1) is 10.7 Å². The van der Waals surface area contributed by atoms with Crippen molar-refractivity contribution in [2.24, 2.45) is 0 Å². The van der Waals surface area contributed by atoms with Gasteiger partial charge in [-0.3, -0.25) is 0 Å². The molecule has 0 aliphatic rings. The zero-order valence-corrected chi connectivity index (χ0v) is 21.3. The Bertz CT molecular complexity index is 1430. The third kappa shape index (κ3) is 4.58. The summed E-state index contributed by atoms with van der Waals surface area (Å²) >= 11 is 3.68. The second kappa shape index (κ2) is 9.32. The third-order valence-electron chi connectivity index (χ3n) is 6.12. The first-order chi connectivity index (χ1) is 16.0. The van der Waals surface area contributed by atoms with Gasteiger partial charge in [-0.25, -0.2) is 4.98 Å². The van der Waals surface area contributed by atoms with E-state index >= 15 is 0 Å². The summed E-state index contributed by atoms with van der Waals surface area (Å²) in [6, 6.07) is 26.8. The Morgan fingerprint density at radius 3 is 2.30 bits per heavy atom. The Kier molecular flexibility index (Phi) is 6.27. The van der Waals surface area contributed by atoms with Crippen LogP contribution in [0.2, 0.25) is 0 Å². The molecule has 4 aromatic carbocycles. The molecule has 33 heavy (non-hydrogen) atoms. The molecule has 0 saturated heterocycles. The maximum Gasteiger partial charge on any atom is 0.0958 e. The summed E-state index contributed by atoms with van der Waals surface area (Å²) in [6.07, 6.45) is 0. The molecule has 0 spiro atoms. The summed E-state index contributed by atoms with van der Waals surface area (Å²) in [5.74, 6) is 1.85. The molecular formula is C30H29NS2. The molecule has 1 aromatic heterocycles. The molecule has 0 unspecified atom stereocenters. The van der Waals surface area contributed by atoms with Crippen LogP contribution in [0.1, 0.15) is 55.7 Å². The lowest BCUT2D eigenvalue weighted by Crippen LogP contribution is -1.96. The number of fused-ring (bicyclic) bond motifs is 2. The minimum Gasteiger partial charge on any atom is -0.241 e. The lowest BCUT2D eigenvalue weighted by atomic mass is 9.89. The molecule has 5 rings (SSSR count). The third-order valence-corrected chi connectivity index (χ3v) is 8.33. The van der Waals surface area contributed by atoms with Gasteiger partial charge in [0.15, 0.2) is 0 Å². The fraction of sp³-hybridized carbons (Fsp3) is 0.233. The van der Waals surface area contributed by atoms with E-state index in [2.05, 4.69) is 106 Å². The maximum absolute atomic E-state index is 4.97. The minimum absolute atomic E-state index is 0.427. The molecule has 0 atom stereocenters. The highest BCUT2D eigenvalue weighted by molar-refractivity contribution is 7.98. The number of aromatic nitrogens is 1. The number of thiazole rings is 1. The van der Waals surface area contributed by atoms with Gasteiger partial charge in [-0.15, -0.1) is 23.1 Å². The van der Waals surface area contributed by atoms with E-state index in [1.54, 1.807) is 11.3 Å². The molecule has 0 amide bonds. The fourth-order valence-electron chi connectivity index (χ4n) is 4.43. The van der Waals surface area contributed by atoms with Crippen molar-refractivity contribution in [3.05, 3.63) is 94.3 Å². The van der Waals surface area contributed by atoms with Gasteiger partial charge in [0.1, 0.15) is 0 Å². The van der Waals surface area contributed by atoms with Crippen LogP contribution >= 0.6 is 23.1 Å². The molecule has 1 nitrogen and oxygen atoms in total. The van der Waals surface area contributed by atoms with Gasteiger partial charge in [-0.1, -0.05) is 82.3 Å². The minimum atomic E-state index is 0.427.